The summed E-state index contributed by atoms with van der Waals surface area (Å²) in [4.78, 5) is 0. The summed E-state index contributed by atoms with van der Waals surface area (Å²) in [5.74, 6) is 0. The molecule has 1 aromatic rings. The molecular weight excluding hydrogens is 195 g/mol. The Morgan fingerprint density at radius 2 is 1.86 bits per heavy atom. The predicted octanol–water partition coefficient (Wildman–Crippen LogP) is 2.92. The van der Waals surface area contributed by atoms with Gasteiger partial charge >= 0.3 is 6.18 Å². The van der Waals surface area contributed by atoms with Crippen molar-refractivity contribution >= 4 is 5.69 Å². The van der Waals surface area contributed by atoms with E-state index in [1.807, 2.05) is 0 Å². The number of hydrogen-bond acceptors (Lipinski definition) is 2. The number of benzene rings is 1. The predicted molar refractivity (Wildman–Crippen MR) is 46.3 cm³/mol. The summed E-state index contributed by atoms with van der Waals surface area (Å²) in [6, 6.07) is 4.90. The van der Waals surface area contributed by atoms with Crippen molar-refractivity contribution in [2.75, 3.05) is 11.6 Å². The van der Waals surface area contributed by atoms with Crippen LogP contribution in [0.2, 0.25) is 0 Å². The number of anilines is 1. The lowest BCUT2D eigenvalue weighted by atomic mass is 10.1. The van der Waals surface area contributed by atoms with E-state index in [2.05, 4.69) is 0 Å². The van der Waals surface area contributed by atoms with Gasteiger partial charge in [-0.05, 0) is 19.1 Å². The van der Waals surface area contributed by atoms with Gasteiger partial charge in [0, 0.05) is 6.54 Å². The molecule has 0 atom stereocenters. The van der Waals surface area contributed by atoms with Crippen LogP contribution in [0.3, 0.4) is 0 Å². The molecule has 0 heterocycles. The normalized spacial score (nSPS) is 11.5. The Balaban J connectivity index is 3.16. The molecule has 1 rings (SSSR count). The molecule has 2 nitrogen and oxygen atoms in total. The fourth-order valence-corrected chi connectivity index (χ4v) is 1.11. The molecule has 1 aromatic carbocycles. The van der Waals surface area contributed by atoms with E-state index in [4.69, 9.17) is 0 Å². The molecule has 0 radical (unpaired) electrons. The van der Waals surface area contributed by atoms with Gasteiger partial charge in [-0.3, -0.25) is 10.3 Å². The first kappa shape index (κ1) is 10.8. The Kier molecular flexibility index (Phi) is 3.00. The zero-order valence-corrected chi connectivity index (χ0v) is 7.54. The van der Waals surface area contributed by atoms with Crippen molar-refractivity contribution in [1.29, 1.82) is 0 Å². The van der Waals surface area contributed by atoms with Crippen molar-refractivity contribution in [3.05, 3.63) is 29.8 Å². The summed E-state index contributed by atoms with van der Waals surface area (Å²) in [6.45, 7) is 1.67. The molecule has 1 N–H and O–H groups in total. The van der Waals surface area contributed by atoms with Crippen molar-refractivity contribution in [2.45, 2.75) is 13.1 Å². The van der Waals surface area contributed by atoms with Crippen LogP contribution in [0.5, 0.6) is 0 Å². The average Bonchev–Trinajstić information content (AvgIpc) is 2.15. The largest absolute Gasteiger partial charge is 0.418 e. The highest BCUT2D eigenvalue weighted by Crippen LogP contribution is 2.35. The second-order valence-electron chi connectivity index (χ2n) is 2.73. The highest BCUT2D eigenvalue weighted by atomic mass is 19.4. The first-order valence-electron chi connectivity index (χ1n) is 4.09. The van der Waals surface area contributed by atoms with Gasteiger partial charge in [0.2, 0.25) is 0 Å². The third-order valence-corrected chi connectivity index (χ3v) is 1.79. The highest BCUT2D eigenvalue weighted by Gasteiger charge is 2.34. The minimum Gasteiger partial charge on any atom is -0.288 e. The van der Waals surface area contributed by atoms with E-state index in [0.29, 0.717) is 5.06 Å². The SMILES string of the molecule is CCN(O)c1ccccc1C(F)(F)F. The molecule has 0 aromatic heterocycles. The van der Waals surface area contributed by atoms with E-state index >= 15 is 0 Å². The molecule has 0 spiro atoms. The Morgan fingerprint density at radius 1 is 1.29 bits per heavy atom. The van der Waals surface area contributed by atoms with Gasteiger partial charge in [-0.2, -0.15) is 13.2 Å². The highest BCUT2D eigenvalue weighted by molar-refractivity contribution is 5.52. The first-order chi connectivity index (χ1) is 6.46. The van der Waals surface area contributed by atoms with Gasteiger partial charge in [-0.1, -0.05) is 12.1 Å². The number of para-hydroxylation sites is 1. The smallest absolute Gasteiger partial charge is 0.288 e. The lowest BCUT2D eigenvalue weighted by Gasteiger charge is -2.19. The molecule has 78 valence electrons. The summed E-state index contributed by atoms with van der Waals surface area (Å²) in [6.07, 6.45) is -4.44. The summed E-state index contributed by atoms with van der Waals surface area (Å²) in [5.41, 5.74) is -1.05. The van der Waals surface area contributed by atoms with Gasteiger partial charge in [0.1, 0.15) is 0 Å². The molecule has 0 aliphatic heterocycles. The first-order valence-corrected chi connectivity index (χ1v) is 4.09. The van der Waals surface area contributed by atoms with Gasteiger partial charge in [0.15, 0.2) is 0 Å². The van der Waals surface area contributed by atoms with Crippen LogP contribution in [-0.4, -0.2) is 11.8 Å². The third-order valence-electron chi connectivity index (χ3n) is 1.79. The maximum absolute atomic E-state index is 12.4. The molecule has 0 unspecified atom stereocenters. The summed E-state index contributed by atoms with van der Waals surface area (Å²) in [5, 5.41) is 9.78. The van der Waals surface area contributed by atoms with Crippen LogP contribution in [0.4, 0.5) is 18.9 Å². The lowest BCUT2D eigenvalue weighted by molar-refractivity contribution is -0.137. The zero-order chi connectivity index (χ0) is 10.8. The quantitative estimate of drug-likeness (QED) is 0.750. The van der Waals surface area contributed by atoms with E-state index < -0.39 is 11.7 Å². The van der Waals surface area contributed by atoms with Crippen molar-refractivity contribution in [1.82, 2.24) is 0 Å². The van der Waals surface area contributed by atoms with Crippen LogP contribution in [0.25, 0.3) is 0 Å². The molecule has 0 amide bonds. The van der Waals surface area contributed by atoms with Crippen LogP contribution in [0.1, 0.15) is 12.5 Å². The lowest BCUT2D eigenvalue weighted by Crippen LogP contribution is -2.21. The number of nitrogens with zero attached hydrogens (tertiary/aromatic N) is 1. The number of alkyl halides is 3. The second-order valence-corrected chi connectivity index (χ2v) is 2.73. The molecule has 0 saturated heterocycles. The van der Waals surface area contributed by atoms with Gasteiger partial charge in [0.05, 0.1) is 11.3 Å². The fourth-order valence-electron chi connectivity index (χ4n) is 1.11. The minimum atomic E-state index is -4.44. The Labute approximate surface area is 79.5 Å². The number of rotatable bonds is 2. The molecule has 5 heteroatoms. The van der Waals surface area contributed by atoms with Gasteiger partial charge in [-0.25, -0.2) is 0 Å². The Morgan fingerprint density at radius 3 is 2.36 bits per heavy atom. The minimum absolute atomic E-state index is 0.104. The average molecular weight is 205 g/mol. The molecule has 0 saturated carbocycles. The van der Waals surface area contributed by atoms with Crippen LogP contribution in [0.15, 0.2) is 24.3 Å². The molecule has 0 aliphatic rings. The van der Waals surface area contributed by atoms with E-state index in [1.54, 1.807) is 6.92 Å². The monoisotopic (exact) mass is 205 g/mol. The van der Waals surface area contributed by atoms with Crippen molar-refractivity contribution < 1.29 is 18.4 Å². The van der Waals surface area contributed by atoms with Crippen LogP contribution < -0.4 is 5.06 Å². The van der Waals surface area contributed by atoms with Crippen LogP contribution in [-0.2, 0) is 6.18 Å². The van der Waals surface area contributed by atoms with Crippen molar-refractivity contribution in [2.24, 2.45) is 0 Å². The third kappa shape index (κ3) is 2.17. The standard InChI is InChI=1S/C9H10F3NO/c1-2-13(14)8-6-4-3-5-7(8)9(10,11)12/h3-6,14H,2H2,1H3. The van der Waals surface area contributed by atoms with E-state index in [0.717, 1.165) is 6.07 Å². The fraction of sp³-hybridized carbons (Fsp3) is 0.333. The van der Waals surface area contributed by atoms with Crippen LogP contribution in [0, 0.1) is 0 Å². The Hall–Kier alpha value is -1.23. The van der Waals surface area contributed by atoms with E-state index in [-0.39, 0.29) is 12.2 Å². The molecule has 0 aliphatic carbocycles. The second kappa shape index (κ2) is 3.88. The van der Waals surface area contributed by atoms with Gasteiger partial charge in [0.25, 0.3) is 0 Å². The summed E-state index contributed by atoms with van der Waals surface area (Å²) >= 11 is 0. The van der Waals surface area contributed by atoms with Crippen LogP contribution >= 0.6 is 0 Å². The molecule has 14 heavy (non-hydrogen) atoms. The van der Waals surface area contributed by atoms with Crippen molar-refractivity contribution in [3.8, 4) is 0 Å². The maximum Gasteiger partial charge on any atom is 0.418 e. The summed E-state index contributed by atoms with van der Waals surface area (Å²) in [7, 11) is 0. The molecule has 0 bridgehead atoms. The van der Waals surface area contributed by atoms with Crippen molar-refractivity contribution in [3.63, 3.8) is 0 Å². The number of hydroxylamine groups is 1. The topological polar surface area (TPSA) is 23.5 Å². The maximum atomic E-state index is 12.4. The number of hydrogen-bond donors (Lipinski definition) is 1. The molecular formula is C9H10F3NO. The van der Waals surface area contributed by atoms with Gasteiger partial charge in [-0.15, -0.1) is 0 Å². The van der Waals surface area contributed by atoms with Gasteiger partial charge < -0.3 is 0 Å². The number of halogens is 3. The summed E-state index contributed by atoms with van der Waals surface area (Å²) < 4.78 is 37.2. The zero-order valence-electron chi connectivity index (χ0n) is 7.54. The Bertz CT molecular complexity index is 311. The molecule has 0 fully saturated rings. The van der Waals surface area contributed by atoms with E-state index in [1.165, 1.54) is 18.2 Å². The van der Waals surface area contributed by atoms with E-state index in [9.17, 15) is 18.4 Å².